The van der Waals surface area contributed by atoms with E-state index in [2.05, 4.69) is 5.10 Å². The van der Waals surface area contributed by atoms with E-state index in [0.717, 1.165) is 27.5 Å². The number of rotatable bonds is 6. The van der Waals surface area contributed by atoms with Gasteiger partial charge < -0.3 is 13.7 Å². The van der Waals surface area contributed by atoms with Crippen LogP contribution in [0.15, 0.2) is 93.2 Å². The summed E-state index contributed by atoms with van der Waals surface area (Å²) in [6.07, 6.45) is 1.65. The first-order valence-corrected chi connectivity index (χ1v) is 12.8. The molecule has 6 aromatic rings. The van der Waals surface area contributed by atoms with E-state index in [9.17, 15) is 9.59 Å². The Kier molecular flexibility index (Phi) is 6.07. The molecule has 1 atom stereocenters. The Hall–Kier alpha value is -4.98. The number of ether oxygens (including phenoxy) is 1. The van der Waals surface area contributed by atoms with Crippen LogP contribution in [0.25, 0.3) is 44.4 Å². The van der Waals surface area contributed by atoms with Crippen LogP contribution in [0.1, 0.15) is 31.1 Å². The molecule has 0 aliphatic carbocycles. The molecule has 0 amide bonds. The minimum Gasteiger partial charge on any atom is -0.464 e. The summed E-state index contributed by atoms with van der Waals surface area (Å²) >= 11 is 0. The number of para-hydroxylation sites is 3. The topological polar surface area (TPSA) is 91.6 Å². The van der Waals surface area contributed by atoms with E-state index < -0.39 is 6.04 Å². The summed E-state index contributed by atoms with van der Waals surface area (Å²) in [6, 6.07) is 23.9. The predicted molar refractivity (Wildman–Crippen MR) is 152 cm³/mol. The van der Waals surface area contributed by atoms with Gasteiger partial charge in [-0.15, -0.1) is 0 Å². The Bertz CT molecular complexity index is 1930. The smallest absolute Gasteiger partial charge is 0.328 e. The van der Waals surface area contributed by atoms with Crippen LogP contribution in [0.5, 0.6) is 0 Å². The number of aromatic nitrogens is 3. The highest BCUT2D eigenvalue weighted by Crippen LogP contribution is 2.30. The van der Waals surface area contributed by atoms with Gasteiger partial charge in [0.1, 0.15) is 11.6 Å². The number of esters is 1. The molecule has 0 aliphatic rings. The molecule has 0 spiro atoms. The van der Waals surface area contributed by atoms with Gasteiger partial charge in [0.05, 0.1) is 23.7 Å². The average Bonchev–Trinajstić information content (AvgIpc) is 3.50. The van der Waals surface area contributed by atoms with Crippen molar-refractivity contribution >= 4 is 45.0 Å². The van der Waals surface area contributed by atoms with Gasteiger partial charge in [0, 0.05) is 27.5 Å². The monoisotopic (exact) mass is 518 g/mol. The minimum atomic E-state index is -0.534. The van der Waals surface area contributed by atoms with Gasteiger partial charge >= 0.3 is 5.97 Å². The van der Waals surface area contributed by atoms with E-state index in [1.54, 1.807) is 31.3 Å². The lowest BCUT2D eigenvalue weighted by molar-refractivity contribution is -0.146. The number of carbonyl (C=O) groups is 1. The molecule has 0 aliphatic heterocycles. The summed E-state index contributed by atoms with van der Waals surface area (Å²) in [4.78, 5) is 31.1. The van der Waals surface area contributed by atoms with Crippen LogP contribution >= 0.6 is 0 Å². The Balaban J connectivity index is 1.55. The summed E-state index contributed by atoms with van der Waals surface area (Å²) < 4.78 is 14.6. The summed E-state index contributed by atoms with van der Waals surface area (Å²) in [7, 11) is 0. The SMILES string of the molecule is CCOC(=O)[C@@H](C)n1c(C)c(C=Nn2c(-c3cc4ccccc4o3)nc3ccccc3c2=O)c2ccccc21. The molecule has 3 aromatic carbocycles. The predicted octanol–water partition coefficient (Wildman–Crippen LogP) is 6.08. The first-order valence-electron chi connectivity index (χ1n) is 12.8. The number of hydrogen-bond acceptors (Lipinski definition) is 6. The van der Waals surface area contributed by atoms with Gasteiger partial charge in [0.15, 0.2) is 5.76 Å². The van der Waals surface area contributed by atoms with Crippen LogP contribution in [0, 0.1) is 6.92 Å². The second kappa shape index (κ2) is 9.72. The molecule has 6 rings (SSSR count). The van der Waals surface area contributed by atoms with Crippen molar-refractivity contribution in [2.45, 2.75) is 26.8 Å². The van der Waals surface area contributed by atoms with Crippen molar-refractivity contribution in [2.75, 3.05) is 6.61 Å². The Morgan fingerprint density at radius 2 is 1.77 bits per heavy atom. The van der Waals surface area contributed by atoms with Crippen molar-refractivity contribution in [3.05, 3.63) is 100 Å². The zero-order valence-corrected chi connectivity index (χ0v) is 21.8. The van der Waals surface area contributed by atoms with Gasteiger partial charge in [0.25, 0.3) is 5.56 Å². The highest BCUT2D eigenvalue weighted by Gasteiger charge is 2.23. The summed E-state index contributed by atoms with van der Waals surface area (Å²) in [5.41, 5.74) is 3.43. The number of carbonyl (C=O) groups excluding carboxylic acids is 1. The van der Waals surface area contributed by atoms with Crippen molar-refractivity contribution in [1.29, 1.82) is 0 Å². The van der Waals surface area contributed by atoms with Gasteiger partial charge in [-0.2, -0.15) is 9.78 Å². The number of furan rings is 1. The van der Waals surface area contributed by atoms with E-state index in [1.165, 1.54) is 4.68 Å². The zero-order valence-electron chi connectivity index (χ0n) is 21.8. The Labute approximate surface area is 223 Å². The fraction of sp³-hybridized carbons (Fsp3) is 0.161. The van der Waals surface area contributed by atoms with Gasteiger partial charge in [-0.05, 0) is 51.1 Å². The summed E-state index contributed by atoms with van der Waals surface area (Å²) in [5.74, 6) is 0.422. The molecule has 0 radical (unpaired) electrons. The maximum atomic E-state index is 13.7. The molecule has 0 N–H and O–H groups in total. The largest absolute Gasteiger partial charge is 0.464 e. The molecular formula is C31H26N4O4. The second-order valence-corrected chi connectivity index (χ2v) is 9.28. The third-order valence-electron chi connectivity index (χ3n) is 6.92. The normalized spacial score (nSPS) is 12.6. The molecule has 39 heavy (non-hydrogen) atoms. The van der Waals surface area contributed by atoms with E-state index in [-0.39, 0.29) is 11.5 Å². The van der Waals surface area contributed by atoms with Gasteiger partial charge in [-0.25, -0.2) is 9.78 Å². The van der Waals surface area contributed by atoms with Crippen LogP contribution in [0.2, 0.25) is 0 Å². The number of fused-ring (bicyclic) bond motifs is 3. The molecule has 0 saturated heterocycles. The minimum absolute atomic E-state index is 0.299. The molecule has 0 unspecified atom stereocenters. The fourth-order valence-corrected chi connectivity index (χ4v) is 5.04. The molecule has 8 nitrogen and oxygen atoms in total. The van der Waals surface area contributed by atoms with Crippen LogP contribution < -0.4 is 5.56 Å². The van der Waals surface area contributed by atoms with Crippen LogP contribution in [-0.4, -0.2) is 33.0 Å². The van der Waals surface area contributed by atoms with Crippen LogP contribution in [0.4, 0.5) is 0 Å². The molecule has 0 fully saturated rings. The molecule has 3 heterocycles. The van der Waals surface area contributed by atoms with Gasteiger partial charge in [-0.1, -0.05) is 48.5 Å². The molecule has 8 heteroatoms. The fourth-order valence-electron chi connectivity index (χ4n) is 5.04. The van der Waals surface area contributed by atoms with Crippen molar-refractivity contribution < 1.29 is 13.9 Å². The van der Waals surface area contributed by atoms with E-state index >= 15 is 0 Å². The summed E-state index contributed by atoms with van der Waals surface area (Å²) in [6.45, 7) is 5.84. The number of nitrogens with zero attached hydrogens (tertiary/aromatic N) is 4. The van der Waals surface area contributed by atoms with Crippen LogP contribution in [-0.2, 0) is 9.53 Å². The van der Waals surface area contributed by atoms with Gasteiger partial charge in [-0.3, -0.25) is 4.79 Å². The Morgan fingerprint density at radius 3 is 2.56 bits per heavy atom. The maximum Gasteiger partial charge on any atom is 0.328 e. The third kappa shape index (κ3) is 4.10. The van der Waals surface area contributed by atoms with E-state index in [4.69, 9.17) is 14.1 Å². The first-order chi connectivity index (χ1) is 19.0. The Morgan fingerprint density at radius 1 is 1.05 bits per heavy atom. The first kappa shape index (κ1) is 24.4. The lowest BCUT2D eigenvalue weighted by Crippen LogP contribution is -2.21. The van der Waals surface area contributed by atoms with E-state index in [1.807, 2.05) is 79.1 Å². The van der Waals surface area contributed by atoms with Crippen molar-refractivity contribution in [3.63, 3.8) is 0 Å². The molecule has 194 valence electrons. The number of benzene rings is 3. The van der Waals surface area contributed by atoms with E-state index in [0.29, 0.717) is 34.7 Å². The summed E-state index contributed by atoms with van der Waals surface area (Å²) in [5, 5.41) is 6.92. The molecule has 0 saturated carbocycles. The van der Waals surface area contributed by atoms with Crippen molar-refractivity contribution in [2.24, 2.45) is 5.10 Å². The standard InChI is InChI=1S/C31H26N4O4/c1-4-38-31(37)20(3)34-19(2)24(22-12-7-9-15-26(22)34)18-32-35-29(28-17-21-11-5-10-16-27(21)39-28)33-25-14-8-6-13-23(25)30(35)36/h5-18,20H,4H2,1-3H3/t20-/m1/s1. The van der Waals surface area contributed by atoms with Crippen LogP contribution in [0.3, 0.4) is 0 Å². The number of hydrogen-bond donors (Lipinski definition) is 0. The third-order valence-corrected chi connectivity index (χ3v) is 6.92. The second-order valence-electron chi connectivity index (χ2n) is 9.28. The maximum absolute atomic E-state index is 13.7. The molecule has 3 aromatic heterocycles. The molecule has 0 bridgehead atoms. The van der Waals surface area contributed by atoms with Crippen molar-refractivity contribution in [3.8, 4) is 11.6 Å². The highest BCUT2D eigenvalue weighted by atomic mass is 16.5. The van der Waals surface area contributed by atoms with Gasteiger partial charge in [0.2, 0.25) is 5.82 Å². The quantitative estimate of drug-likeness (QED) is 0.197. The zero-order chi connectivity index (χ0) is 27.1. The molecular weight excluding hydrogens is 492 g/mol. The van der Waals surface area contributed by atoms with Crippen molar-refractivity contribution in [1.82, 2.24) is 14.2 Å². The average molecular weight is 519 g/mol. The lowest BCUT2D eigenvalue weighted by Gasteiger charge is -2.16. The highest BCUT2D eigenvalue weighted by molar-refractivity contribution is 6.02. The lowest BCUT2D eigenvalue weighted by atomic mass is 10.1.